The molecule has 0 aromatic heterocycles. The molecule has 286 valence electrons. The predicted molar refractivity (Wildman–Crippen MR) is 227 cm³/mol. The SMILES string of the molecule is CC(=N)N(CNCCCNCN(C(C)=N/N=C(/C)N(CNCCCNC[N+](=C(C)[NH3+])c1ccccc1)c1ccccc1)c1ccccc1)c1ccccc1. The Hall–Kier alpha value is -5.24. The van der Waals surface area contributed by atoms with Gasteiger partial charge in [0, 0.05) is 35.7 Å². The first kappa shape index (κ1) is 41.5. The molecule has 8 N–H and O–H groups in total. The van der Waals surface area contributed by atoms with Gasteiger partial charge in [-0.15, -0.1) is 14.8 Å². The number of amidine groups is 4. The van der Waals surface area contributed by atoms with E-state index >= 15 is 0 Å². The summed E-state index contributed by atoms with van der Waals surface area (Å²) in [5, 5.41) is 31.8. The first-order valence-electron chi connectivity index (χ1n) is 18.8. The van der Waals surface area contributed by atoms with Crippen LogP contribution in [0.15, 0.2) is 132 Å². The molecule has 0 saturated carbocycles. The Labute approximate surface area is 322 Å². The molecule has 0 bridgehead atoms. The summed E-state index contributed by atoms with van der Waals surface area (Å²) in [7, 11) is 0. The number of quaternary nitrogens is 1. The summed E-state index contributed by atoms with van der Waals surface area (Å²) in [6.07, 6.45) is 1.91. The van der Waals surface area contributed by atoms with Gasteiger partial charge in [0.15, 0.2) is 0 Å². The Morgan fingerprint density at radius 2 is 0.889 bits per heavy atom. The minimum Gasteiger partial charge on any atom is -0.317 e. The van der Waals surface area contributed by atoms with E-state index in [9.17, 15) is 0 Å². The summed E-state index contributed by atoms with van der Waals surface area (Å²) in [5.74, 6) is 3.10. The van der Waals surface area contributed by atoms with E-state index in [1.54, 1.807) is 0 Å². The van der Waals surface area contributed by atoms with E-state index < -0.39 is 0 Å². The van der Waals surface area contributed by atoms with Crippen LogP contribution in [-0.2, 0) is 0 Å². The second-order valence-corrected chi connectivity index (χ2v) is 13.0. The lowest BCUT2D eigenvalue weighted by molar-refractivity contribution is -0.492. The van der Waals surface area contributed by atoms with Gasteiger partial charge in [-0.05, 0) is 89.6 Å². The maximum Gasteiger partial charge on any atom is 0.336 e. The molecule has 12 heteroatoms. The highest BCUT2D eigenvalue weighted by atomic mass is 15.4. The van der Waals surface area contributed by atoms with Crippen molar-refractivity contribution in [2.75, 3.05) is 67.6 Å². The maximum atomic E-state index is 8.17. The minimum atomic E-state index is 0.510. The van der Waals surface area contributed by atoms with Gasteiger partial charge in [-0.3, -0.25) is 32.4 Å². The highest BCUT2D eigenvalue weighted by Gasteiger charge is 2.14. The summed E-state index contributed by atoms with van der Waals surface area (Å²) in [5.41, 5.74) is 8.39. The van der Waals surface area contributed by atoms with Crippen LogP contribution in [0.4, 0.5) is 22.7 Å². The van der Waals surface area contributed by atoms with Crippen molar-refractivity contribution in [1.82, 2.24) is 21.3 Å². The number of rotatable bonds is 21. The van der Waals surface area contributed by atoms with Crippen LogP contribution in [0.25, 0.3) is 0 Å². The first-order valence-corrected chi connectivity index (χ1v) is 18.8. The highest BCUT2D eigenvalue weighted by molar-refractivity contribution is 5.99. The number of hydrogen-bond donors (Lipinski definition) is 6. The van der Waals surface area contributed by atoms with Crippen molar-refractivity contribution >= 4 is 46.1 Å². The largest absolute Gasteiger partial charge is 0.336 e. The van der Waals surface area contributed by atoms with E-state index in [-0.39, 0.29) is 0 Å². The zero-order valence-electron chi connectivity index (χ0n) is 32.5. The molecular formula is C42H60N12+2. The predicted octanol–water partition coefficient (Wildman–Crippen LogP) is 5.23. The number of anilines is 3. The van der Waals surface area contributed by atoms with Crippen molar-refractivity contribution in [1.29, 1.82) is 5.41 Å². The molecule has 0 aliphatic carbocycles. The first-order chi connectivity index (χ1) is 26.3. The van der Waals surface area contributed by atoms with E-state index in [0.29, 0.717) is 32.5 Å². The van der Waals surface area contributed by atoms with Gasteiger partial charge in [-0.2, -0.15) is 0 Å². The zero-order valence-corrected chi connectivity index (χ0v) is 32.5. The van der Waals surface area contributed by atoms with Crippen LogP contribution < -0.4 is 41.7 Å². The van der Waals surface area contributed by atoms with E-state index in [4.69, 9.17) is 15.6 Å². The van der Waals surface area contributed by atoms with Crippen LogP contribution in [0.2, 0.25) is 0 Å². The lowest BCUT2D eigenvalue weighted by Crippen LogP contribution is -2.59. The summed E-state index contributed by atoms with van der Waals surface area (Å²) < 4.78 is 2.18. The van der Waals surface area contributed by atoms with Gasteiger partial charge in [0.05, 0.1) is 32.8 Å². The van der Waals surface area contributed by atoms with Gasteiger partial charge < -0.3 is 14.7 Å². The molecule has 0 saturated heterocycles. The average molecular weight is 733 g/mol. The van der Waals surface area contributed by atoms with Crippen molar-refractivity contribution in [2.24, 2.45) is 10.2 Å². The molecule has 54 heavy (non-hydrogen) atoms. The summed E-state index contributed by atoms with van der Waals surface area (Å²) in [6.45, 7) is 13.7. The van der Waals surface area contributed by atoms with Crippen LogP contribution in [0.1, 0.15) is 40.5 Å². The Morgan fingerprint density at radius 3 is 1.28 bits per heavy atom. The molecule has 0 fully saturated rings. The second kappa shape index (κ2) is 23.4. The monoisotopic (exact) mass is 733 g/mol. The lowest BCUT2D eigenvalue weighted by atomic mass is 10.3. The Bertz CT molecular complexity index is 1740. The number of hydrogen-bond acceptors (Lipinski definition) is 7. The van der Waals surface area contributed by atoms with Gasteiger partial charge >= 0.3 is 5.84 Å². The van der Waals surface area contributed by atoms with Gasteiger partial charge in [-0.1, -0.05) is 72.8 Å². The molecule has 4 rings (SSSR count). The molecule has 0 heterocycles. The lowest BCUT2D eigenvalue weighted by Gasteiger charge is -2.26. The maximum absolute atomic E-state index is 8.17. The van der Waals surface area contributed by atoms with Crippen molar-refractivity contribution in [3.8, 4) is 0 Å². The van der Waals surface area contributed by atoms with Crippen LogP contribution >= 0.6 is 0 Å². The summed E-state index contributed by atoms with van der Waals surface area (Å²) in [4.78, 5) is 6.26. The molecular weight excluding hydrogens is 673 g/mol. The van der Waals surface area contributed by atoms with Crippen molar-refractivity contribution in [2.45, 2.75) is 40.5 Å². The van der Waals surface area contributed by atoms with Gasteiger partial charge in [0.25, 0.3) is 0 Å². The third-order valence-electron chi connectivity index (χ3n) is 8.75. The molecule has 12 nitrogen and oxygen atoms in total. The van der Waals surface area contributed by atoms with Crippen molar-refractivity contribution in [3.63, 3.8) is 0 Å². The summed E-state index contributed by atoms with van der Waals surface area (Å²) >= 11 is 0. The quantitative estimate of drug-likeness (QED) is 0.0173. The van der Waals surface area contributed by atoms with E-state index in [1.165, 1.54) is 0 Å². The van der Waals surface area contributed by atoms with E-state index in [1.807, 2.05) is 118 Å². The zero-order chi connectivity index (χ0) is 38.4. The van der Waals surface area contributed by atoms with Crippen LogP contribution in [-0.4, -0.2) is 80.8 Å². The normalized spacial score (nSPS) is 12.3. The third-order valence-corrected chi connectivity index (χ3v) is 8.75. The van der Waals surface area contributed by atoms with Gasteiger partial charge in [0.2, 0.25) is 12.4 Å². The highest BCUT2D eigenvalue weighted by Crippen LogP contribution is 2.16. The fourth-order valence-corrected chi connectivity index (χ4v) is 5.76. The average Bonchev–Trinajstić information content (AvgIpc) is 3.19. The molecule has 0 aliphatic heterocycles. The second-order valence-electron chi connectivity index (χ2n) is 13.0. The minimum absolute atomic E-state index is 0.510. The molecule has 0 unspecified atom stereocenters. The Balaban J connectivity index is 1.29. The molecule has 4 aromatic rings. The molecule has 0 spiro atoms. The topological polar surface area (TPSA) is 137 Å². The fraction of sp³-hybridized carbons (Fsp3) is 0.333. The number of para-hydroxylation sites is 4. The molecule has 0 aliphatic rings. The van der Waals surface area contributed by atoms with E-state index in [0.717, 1.165) is 79.3 Å². The molecule has 0 radical (unpaired) electrons. The Kier molecular flexibility index (Phi) is 18.0. The Morgan fingerprint density at radius 1 is 0.537 bits per heavy atom. The smallest absolute Gasteiger partial charge is 0.317 e. The van der Waals surface area contributed by atoms with E-state index in [2.05, 4.69) is 77.8 Å². The fourth-order valence-electron chi connectivity index (χ4n) is 5.76. The number of nitrogens with one attached hydrogen (secondary N) is 5. The molecule has 0 atom stereocenters. The summed E-state index contributed by atoms with van der Waals surface area (Å²) in [6, 6.07) is 40.9. The number of benzene rings is 4. The molecule has 0 amide bonds. The number of nitrogens with zero attached hydrogens (tertiary/aromatic N) is 6. The third kappa shape index (κ3) is 14.0. The van der Waals surface area contributed by atoms with Crippen LogP contribution in [0.5, 0.6) is 0 Å². The van der Waals surface area contributed by atoms with Crippen LogP contribution in [0.3, 0.4) is 0 Å². The molecule has 4 aromatic carbocycles. The van der Waals surface area contributed by atoms with Crippen LogP contribution in [0, 0.1) is 5.41 Å². The standard InChI is InChI=1S/C42H58N12/c1-35(43)51(39-19-9-5-10-20-39)31-45-27-17-29-47-33-53(41-23-13-7-14-24-41)37(3)49-50-38(4)54(42-25-15-8-16-26-42)34-48-30-18-28-46-32-52(36(2)44)40-21-11-6-12-22-40/h5-16,19-26,43-48H,17-18,27-34H2,1-4H3/p+2/b43-35?,49-37?,50-38-. The van der Waals surface area contributed by atoms with Crippen molar-refractivity contribution in [3.05, 3.63) is 121 Å². The van der Waals surface area contributed by atoms with Gasteiger partial charge in [0.1, 0.15) is 11.7 Å². The van der Waals surface area contributed by atoms with Crippen molar-refractivity contribution < 1.29 is 10.3 Å². The van der Waals surface area contributed by atoms with Gasteiger partial charge in [-0.25, -0.2) is 0 Å².